The van der Waals surface area contributed by atoms with Gasteiger partial charge in [-0.3, -0.25) is 4.79 Å². The van der Waals surface area contributed by atoms with Gasteiger partial charge in [-0.05, 0) is 37.3 Å². The molecule has 0 spiro atoms. The number of amides is 1. The second kappa shape index (κ2) is 7.27. The molecule has 7 nitrogen and oxygen atoms in total. The van der Waals surface area contributed by atoms with Crippen molar-refractivity contribution >= 4 is 16.9 Å². The van der Waals surface area contributed by atoms with Crippen molar-refractivity contribution in [3.05, 3.63) is 47.9 Å². The molecule has 0 saturated carbocycles. The zero-order chi connectivity index (χ0) is 16.9. The summed E-state index contributed by atoms with van der Waals surface area (Å²) in [5.74, 6) is 0.647. The number of carbonyl (C=O) groups is 1. The lowest BCUT2D eigenvalue weighted by atomic mass is 10.1. The number of ether oxygens (including phenoxy) is 1. The third-order valence-corrected chi connectivity index (χ3v) is 3.84. The molecule has 3 aromatic rings. The Bertz CT molecular complexity index is 810. The van der Waals surface area contributed by atoms with Crippen LogP contribution in [-0.2, 0) is 17.8 Å². The maximum atomic E-state index is 12.9. The zero-order valence-electron chi connectivity index (χ0n) is 13.8. The second-order valence-corrected chi connectivity index (χ2v) is 5.41. The molecule has 0 unspecified atom stereocenters. The number of rotatable bonds is 7. The summed E-state index contributed by atoms with van der Waals surface area (Å²) in [5, 5.41) is 8.21. The summed E-state index contributed by atoms with van der Waals surface area (Å²) in [6.07, 6.45) is 1.60. The number of hydrogen-bond donors (Lipinski definition) is 0. The molecule has 0 aliphatic heterocycles. The van der Waals surface area contributed by atoms with Crippen LogP contribution in [0.15, 0.2) is 41.0 Å². The first-order chi connectivity index (χ1) is 11.7. The molecular weight excluding hydrogens is 308 g/mol. The van der Waals surface area contributed by atoms with E-state index in [1.165, 1.54) is 0 Å². The predicted molar refractivity (Wildman–Crippen MR) is 88.5 cm³/mol. The highest BCUT2D eigenvalue weighted by Crippen LogP contribution is 2.16. The summed E-state index contributed by atoms with van der Waals surface area (Å²) in [5.41, 5.74) is 2.21. The Labute approximate surface area is 139 Å². The van der Waals surface area contributed by atoms with Gasteiger partial charge in [0.1, 0.15) is 11.3 Å². The van der Waals surface area contributed by atoms with E-state index in [2.05, 4.69) is 10.3 Å². The molecule has 0 N–H and O–H groups in total. The molecule has 0 fully saturated rings. The van der Waals surface area contributed by atoms with Gasteiger partial charge in [-0.1, -0.05) is 5.21 Å². The van der Waals surface area contributed by atoms with Gasteiger partial charge in [0.2, 0.25) is 0 Å². The monoisotopic (exact) mass is 328 g/mol. The van der Waals surface area contributed by atoms with Crippen molar-refractivity contribution in [2.45, 2.75) is 20.0 Å². The Morgan fingerprint density at radius 3 is 2.96 bits per heavy atom. The average molecular weight is 328 g/mol. The Morgan fingerprint density at radius 1 is 1.38 bits per heavy atom. The number of furan rings is 1. The van der Waals surface area contributed by atoms with Crippen LogP contribution in [0.2, 0.25) is 0 Å². The lowest BCUT2D eigenvalue weighted by Crippen LogP contribution is -2.33. The predicted octanol–water partition coefficient (Wildman–Crippen LogP) is 2.33. The topological polar surface area (TPSA) is 73.4 Å². The quantitative estimate of drug-likeness (QED) is 0.665. The maximum absolute atomic E-state index is 12.9. The van der Waals surface area contributed by atoms with E-state index in [4.69, 9.17) is 9.15 Å². The molecule has 0 radical (unpaired) electrons. The minimum atomic E-state index is -0.0867. The fourth-order valence-electron chi connectivity index (χ4n) is 2.57. The van der Waals surface area contributed by atoms with Crippen LogP contribution in [0.1, 0.15) is 23.0 Å². The number of carbonyl (C=O) groups excluding carboxylic acids is 1. The molecule has 0 aliphatic carbocycles. The molecule has 0 aliphatic rings. The molecule has 1 aromatic carbocycles. The standard InChI is InChI=1S/C17H20N4O3/c1-3-21-16-7-6-13(11-15(16)18-19-21)17(22)20(8-10-23-2)12-14-5-4-9-24-14/h4-7,9,11H,3,8,10,12H2,1-2H3. The van der Waals surface area contributed by atoms with Gasteiger partial charge >= 0.3 is 0 Å². The third-order valence-electron chi connectivity index (χ3n) is 3.84. The highest BCUT2D eigenvalue weighted by molar-refractivity contribution is 5.97. The van der Waals surface area contributed by atoms with E-state index in [9.17, 15) is 4.79 Å². The summed E-state index contributed by atoms with van der Waals surface area (Å²) in [4.78, 5) is 14.6. The van der Waals surface area contributed by atoms with Crippen LogP contribution >= 0.6 is 0 Å². The third kappa shape index (κ3) is 3.30. The first kappa shape index (κ1) is 16.2. The molecule has 2 aromatic heterocycles. The van der Waals surface area contributed by atoms with Crippen molar-refractivity contribution in [1.29, 1.82) is 0 Å². The summed E-state index contributed by atoms with van der Waals surface area (Å²) in [7, 11) is 1.62. The minimum absolute atomic E-state index is 0.0867. The summed E-state index contributed by atoms with van der Waals surface area (Å²) < 4.78 is 12.3. The van der Waals surface area contributed by atoms with Gasteiger partial charge in [-0.15, -0.1) is 5.10 Å². The molecule has 2 heterocycles. The van der Waals surface area contributed by atoms with E-state index in [1.807, 2.05) is 31.2 Å². The molecule has 0 atom stereocenters. The fraction of sp³-hybridized carbons (Fsp3) is 0.353. The van der Waals surface area contributed by atoms with Crippen molar-refractivity contribution in [3.63, 3.8) is 0 Å². The van der Waals surface area contributed by atoms with E-state index in [0.29, 0.717) is 30.8 Å². The van der Waals surface area contributed by atoms with Gasteiger partial charge in [0.25, 0.3) is 5.91 Å². The van der Waals surface area contributed by atoms with Crippen molar-refractivity contribution < 1.29 is 13.9 Å². The largest absolute Gasteiger partial charge is 0.467 e. The maximum Gasteiger partial charge on any atom is 0.254 e. The van der Waals surface area contributed by atoms with Crippen molar-refractivity contribution in [1.82, 2.24) is 19.9 Å². The summed E-state index contributed by atoms with van der Waals surface area (Å²) in [6.45, 7) is 4.08. The van der Waals surface area contributed by atoms with Crippen LogP contribution in [0.5, 0.6) is 0 Å². The molecule has 24 heavy (non-hydrogen) atoms. The van der Waals surface area contributed by atoms with Crippen LogP contribution in [0.3, 0.4) is 0 Å². The Kier molecular flexibility index (Phi) is 4.90. The number of methoxy groups -OCH3 is 1. The molecule has 0 saturated heterocycles. The van der Waals surface area contributed by atoms with E-state index in [0.717, 1.165) is 17.8 Å². The number of benzene rings is 1. The minimum Gasteiger partial charge on any atom is -0.467 e. The number of aryl methyl sites for hydroxylation is 1. The van der Waals surface area contributed by atoms with Gasteiger partial charge in [-0.25, -0.2) is 4.68 Å². The Balaban J connectivity index is 1.85. The first-order valence-electron chi connectivity index (χ1n) is 7.86. The molecule has 3 rings (SSSR count). The van der Waals surface area contributed by atoms with E-state index in [1.54, 1.807) is 29.0 Å². The SMILES string of the molecule is CCn1nnc2cc(C(=O)N(CCOC)Cc3ccco3)ccc21. The number of nitrogens with zero attached hydrogens (tertiary/aromatic N) is 4. The van der Waals surface area contributed by atoms with Gasteiger partial charge in [0.15, 0.2) is 0 Å². The Hall–Kier alpha value is -2.67. The summed E-state index contributed by atoms with van der Waals surface area (Å²) >= 11 is 0. The van der Waals surface area contributed by atoms with Crippen LogP contribution in [-0.4, -0.2) is 46.1 Å². The molecule has 7 heteroatoms. The van der Waals surface area contributed by atoms with Crippen LogP contribution in [0, 0.1) is 0 Å². The van der Waals surface area contributed by atoms with E-state index >= 15 is 0 Å². The number of aromatic nitrogens is 3. The number of hydrogen-bond acceptors (Lipinski definition) is 5. The normalized spacial score (nSPS) is 11.1. The van der Waals surface area contributed by atoms with Crippen molar-refractivity contribution in [3.8, 4) is 0 Å². The first-order valence-corrected chi connectivity index (χ1v) is 7.86. The van der Waals surface area contributed by atoms with E-state index < -0.39 is 0 Å². The highest BCUT2D eigenvalue weighted by Gasteiger charge is 2.18. The van der Waals surface area contributed by atoms with Crippen molar-refractivity contribution in [2.24, 2.45) is 0 Å². The smallest absolute Gasteiger partial charge is 0.254 e. The van der Waals surface area contributed by atoms with Crippen LogP contribution in [0.4, 0.5) is 0 Å². The molecule has 126 valence electrons. The van der Waals surface area contributed by atoms with Gasteiger partial charge in [0.05, 0.1) is 24.9 Å². The lowest BCUT2D eigenvalue weighted by Gasteiger charge is -2.21. The van der Waals surface area contributed by atoms with Gasteiger partial charge < -0.3 is 14.1 Å². The van der Waals surface area contributed by atoms with Gasteiger partial charge in [-0.2, -0.15) is 0 Å². The fourth-order valence-corrected chi connectivity index (χ4v) is 2.57. The molecule has 1 amide bonds. The van der Waals surface area contributed by atoms with Gasteiger partial charge in [0, 0.05) is 25.8 Å². The van der Waals surface area contributed by atoms with Crippen molar-refractivity contribution in [2.75, 3.05) is 20.3 Å². The van der Waals surface area contributed by atoms with Crippen LogP contribution < -0.4 is 0 Å². The second-order valence-electron chi connectivity index (χ2n) is 5.41. The Morgan fingerprint density at radius 2 is 2.25 bits per heavy atom. The van der Waals surface area contributed by atoms with E-state index in [-0.39, 0.29) is 5.91 Å². The lowest BCUT2D eigenvalue weighted by molar-refractivity contribution is 0.0666. The summed E-state index contributed by atoms with van der Waals surface area (Å²) in [6, 6.07) is 9.13. The number of fused-ring (bicyclic) bond motifs is 1. The highest BCUT2D eigenvalue weighted by atomic mass is 16.5. The molecular formula is C17H20N4O3. The zero-order valence-corrected chi connectivity index (χ0v) is 13.8. The molecule has 0 bridgehead atoms. The van der Waals surface area contributed by atoms with Crippen LogP contribution in [0.25, 0.3) is 11.0 Å². The average Bonchev–Trinajstić information content (AvgIpc) is 3.26.